The summed E-state index contributed by atoms with van der Waals surface area (Å²) in [7, 11) is 0. The van der Waals surface area contributed by atoms with Gasteiger partial charge in [-0.3, -0.25) is 4.90 Å². The van der Waals surface area contributed by atoms with E-state index in [-0.39, 0.29) is 5.56 Å². The van der Waals surface area contributed by atoms with E-state index in [1.807, 2.05) is 60.5 Å². The van der Waals surface area contributed by atoms with E-state index in [9.17, 15) is 4.79 Å². The van der Waals surface area contributed by atoms with Crippen LogP contribution in [0.15, 0.2) is 72.9 Å². The van der Waals surface area contributed by atoms with Crippen molar-refractivity contribution in [2.24, 2.45) is 0 Å². The summed E-state index contributed by atoms with van der Waals surface area (Å²) in [6.07, 6.45) is 1.84. The molecular weight excluding hydrogens is 328 g/mol. The molecule has 0 fully saturated rings. The summed E-state index contributed by atoms with van der Waals surface area (Å²) in [5.74, 6) is -0.436. The Labute approximate surface area is 150 Å². The highest BCUT2D eigenvalue weighted by Gasteiger charge is 2.18. The molecule has 128 valence electrons. The third-order valence-corrected chi connectivity index (χ3v) is 4.06. The smallest absolute Gasteiger partial charge is 0.335 e. The Morgan fingerprint density at radius 1 is 1.00 bits per heavy atom. The molecule has 2 heterocycles. The average molecular weight is 344 g/mol. The number of aryl methyl sites for hydroxylation is 1. The Bertz CT molecular complexity index is 1050. The average Bonchev–Trinajstić information content (AvgIpc) is 3.06. The number of aromatic carboxylic acids is 1. The zero-order valence-electron chi connectivity index (χ0n) is 14.1. The van der Waals surface area contributed by atoms with E-state index in [2.05, 4.69) is 10.1 Å². The Hall–Kier alpha value is -3.67. The van der Waals surface area contributed by atoms with Crippen molar-refractivity contribution in [3.8, 4) is 0 Å². The highest BCUT2D eigenvalue weighted by molar-refractivity contribution is 5.88. The maximum atomic E-state index is 11.1. The summed E-state index contributed by atoms with van der Waals surface area (Å²) < 4.78 is 1.71. The van der Waals surface area contributed by atoms with Crippen molar-refractivity contribution in [1.82, 2.24) is 14.6 Å². The summed E-state index contributed by atoms with van der Waals surface area (Å²) >= 11 is 0. The van der Waals surface area contributed by atoms with Crippen molar-refractivity contribution in [3.05, 3.63) is 84.1 Å². The van der Waals surface area contributed by atoms with Crippen LogP contribution in [0.1, 0.15) is 15.9 Å². The van der Waals surface area contributed by atoms with Gasteiger partial charge in [0.2, 0.25) is 0 Å². The number of anilines is 3. The van der Waals surface area contributed by atoms with Crippen molar-refractivity contribution in [3.63, 3.8) is 0 Å². The lowest BCUT2D eigenvalue weighted by Gasteiger charge is -2.21. The van der Waals surface area contributed by atoms with Crippen molar-refractivity contribution in [2.45, 2.75) is 6.92 Å². The molecule has 4 aromatic rings. The molecule has 0 amide bonds. The molecule has 0 atom stereocenters. The topological polar surface area (TPSA) is 70.7 Å². The van der Waals surface area contributed by atoms with Crippen molar-refractivity contribution in [1.29, 1.82) is 0 Å². The molecule has 0 saturated carbocycles. The van der Waals surface area contributed by atoms with Crippen LogP contribution in [-0.2, 0) is 0 Å². The van der Waals surface area contributed by atoms with Crippen molar-refractivity contribution >= 4 is 28.9 Å². The van der Waals surface area contributed by atoms with E-state index in [4.69, 9.17) is 5.11 Å². The van der Waals surface area contributed by atoms with E-state index < -0.39 is 5.97 Å². The molecule has 0 unspecified atom stereocenters. The summed E-state index contributed by atoms with van der Waals surface area (Å²) in [5.41, 5.74) is 3.78. The van der Waals surface area contributed by atoms with Crippen LogP contribution in [0.5, 0.6) is 0 Å². The van der Waals surface area contributed by atoms with Gasteiger partial charge < -0.3 is 5.11 Å². The van der Waals surface area contributed by atoms with Gasteiger partial charge in [-0.05, 0) is 61.0 Å². The Morgan fingerprint density at radius 3 is 2.50 bits per heavy atom. The van der Waals surface area contributed by atoms with Gasteiger partial charge in [-0.15, -0.1) is 5.10 Å². The van der Waals surface area contributed by atoms with E-state index in [0.717, 1.165) is 22.6 Å². The predicted molar refractivity (Wildman–Crippen MR) is 99.4 cm³/mol. The second-order valence-electron chi connectivity index (χ2n) is 5.94. The molecule has 0 aliphatic carbocycles. The van der Waals surface area contributed by atoms with Gasteiger partial charge in [-0.25, -0.2) is 9.31 Å². The third-order valence-electron chi connectivity index (χ3n) is 4.06. The SMILES string of the molecule is Cc1cccc(N(c2ccc(C(=O)O)cc2)c2nc3ccccn3n2)c1. The van der Waals surface area contributed by atoms with Crippen LogP contribution in [0.4, 0.5) is 17.3 Å². The summed E-state index contributed by atoms with van der Waals surface area (Å²) in [6.45, 7) is 2.02. The van der Waals surface area contributed by atoms with Crippen LogP contribution >= 0.6 is 0 Å². The number of carboxylic acids is 1. The normalized spacial score (nSPS) is 10.8. The molecule has 26 heavy (non-hydrogen) atoms. The molecule has 0 radical (unpaired) electrons. The maximum Gasteiger partial charge on any atom is 0.335 e. The molecule has 0 saturated heterocycles. The van der Waals surface area contributed by atoms with Gasteiger partial charge >= 0.3 is 5.97 Å². The number of aromatic nitrogens is 3. The number of pyridine rings is 1. The monoisotopic (exact) mass is 344 g/mol. The first-order valence-electron chi connectivity index (χ1n) is 8.13. The van der Waals surface area contributed by atoms with Crippen LogP contribution in [0.25, 0.3) is 5.65 Å². The lowest BCUT2D eigenvalue weighted by molar-refractivity contribution is 0.0697. The van der Waals surface area contributed by atoms with Crippen LogP contribution in [0.3, 0.4) is 0 Å². The standard InChI is InChI=1S/C20H16N4O2/c1-14-5-4-6-17(13-14)24(16-10-8-15(9-11-16)19(25)26)20-21-18-7-2-3-12-23(18)22-20/h2-13H,1H3,(H,25,26). The van der Waals surface area contributed by atoms with E-state index in [1.54, 1.807) is 28.8 Å². The molecule has 0 aliphatic heterocycles. The van der Waals surface area contributed by atoms with Crippen LogP contribution in [0.2, 0.25) is 0 Å². The van der Waals surface area contributed by atoms with E-state index >= 15 is 0 Å². The van der Waals surface area contributed by atoms with Gasteiger partial charge in [-0.2, -0.15) is 4.98 Å². The first-order valence-corrected chi connectivity index (χ1v) is 8.13. The van der Waals surface area contributed by atoms with Gasteiger partial charge in [-0.1, -0.05) is 18.2 Å². The lowest BCUT2D eigenvalue weighted by Crippen LogP contribution is -2.12. The molecule has 6 heteroatoms. The number of hydrogen-bond acceptors (Lipinski definition) is 4. The van der Waals surface area contributed by atoms with Gasteiger partial charge in [0.05, 0.1) is 5.56 Å². The summed E-state index contributed by atoms with van der Waals surface area (Å²) in [6, 6.07) is 20.4. The van der Waals surface area contributed by atoms with Gasteiger partial charge in [0, 0.05) is 17.6 Å². The molecule has 4 rings (SSSR count). The minimum absolute atomic E-state index is 0.237. The van der Waals surface area contributed by atoms with Crippen molar-refractivity contribution < 1.29 is 9.90 Å². The Balaban J connectivity index is 1.87. The largest absolute Gasteiger partial charge is 0.478 e. The van der Waals surface area contributed by atoms with E-state index in [1.165, 1.54) is 0 Å². The number of nitrogens with zero attached hydrogens (tertiary/aromatic N) is 4. The zero-order valence-corrected chi connectivity index (χ0v) is 14.1. The fraction of sp³-hybridized carbons (Fsp3) is 0.0500. The van der Waals surface area contributed by atoms with Gasteiger partial charge in [0.1, 0.15) is 0 Å². The van der Waals surface area contributed by atoms with Crippen LogP contribution in [-0.4, -0.2) is 25.7 Å². The molecule has 6 nitrogen and oxygen atoms in total. The summed E-state index contributed by atoms with van der Waals surface area (Å²) in [5, 5.41) is 13.7. The minimum Gasteiger partial charge on any atom is -0.478 e. The zero-order chi connectivity index (χ0) is 18.1. The molecule has 2 aromatic heterocycles. The predicted octanol–water partition coefficient (Wildman–Crippen LogP) is 4.21. The second-order valence-corrected chi connectivity index (χ2v) is 5.94. The fourth-order valence-corrected chi connectivity index (χ4v) is 2.81. The van der Waals surface area contributed by atoms with Crippen molar-refractivity contribution in [2.75, 3.05) is 4.90 Å². The maximum absolute atomic E-state index is 11.1. The summed E-state index contributed by atoms with van der Waals surface area (Å²) in [4.78, 5) is 17.7. The van der Waals surface area contributed by atoms with Gasteiger partial charge in [0.15, 0.2) is 5.65 Å². The van der Waals surface area contributed by atoms with Crippen LogP contribution in [0, 0.1) is 6.92 Å². The molecular formula is C20H16N4O2. The number of benzene rings is 2. The quantitative estimate of drug-likeness (QED) is 0.600. The molecule has 0 spiro atoms. The highest BCUT2D eigenvalue weighted by atomic mass is 16.4. The Morgan fingerprint density at radius 2 is 1.81 bits per heavy atom. The highest BCUT2D eigenvalue weighted by Crippen LogP contribution is 2.33. The first kappa shape index (κ1) is 15.8. The molecule has 0 bridgehead atoms. The number of fused-ring (bicyclic) bond motifs is 1. The third kappa shape index (κ3) is 2.88. The lowest BCUT2D eigenvalue weighted by atomic mass is 10.1. The molecule has 1 N–H and O–H groups in total. The first-order chi connectivity index (χ1) is 12.6. The fourth-order valence-electron chi connectivity index (χ4n) is 2.81. The number of carbonyl (C=O) groups is 1. The van der Waals surface area contributed by atoms with Gasteiger partial charge in [0.25, 0.3) is 5.95 Å². The van der Waals surface area contributed by atoms with E-state index in [0.29, 0.717) is 5.95 Å². The number of hydrogen-bond donors (Lipinski definition) is 1. The Kier molecular flexibility index (Phi) is 3.85. The number of carboxylic acid groups (broad SMARTS) is 1. The van der Waals surface area contributed by atoms with Crippen LogP contribution < -0.4 is 4.90 Å². The molecule has 2 aromatic carbocycles. The number of rotatable bonds is 4. The molecule has 0 aliphatic rings. The minimum atomic E-state index is -0.954. The second kappa shape index (κ2) is 6.33.